The van der Waals surface area contributed by atoms with Crippen LogP contribution in [0.4, 0.5) is 0 Å². The number of nitrogens with zero attached hydrogens (tertiary/aromatic N) is 2. The molecule has 2 rings (SSSR count). The summed E-state index contributed by atoms with van der Waals surface area (Å²) in [5.41, 5.74) is 0.178. The fourth-order valence-corrected chi connectivity index (χ4v) is 4.37. The van der Waals surface area contributed by atoms with E-state index in [4.69, 9.17) is 9.15 Å². The number of carbonyl (C=O) groups is 2. The molecule has 0 spiro atoms. The first-order chi connectivity index (χ1) is 14.6. The number of amides is 2. The van der Waals surface area contributed by atoms with Gasteiger partial charge in [0.25, 0.3) is 0 Å². The second kappa shape index (κ2) is 11.7. The van der Waals surface area contributed by atoms with Crippen LogP contribution < -0.4 is 0 Å². The maximum atomic E-state index is 13.3. The Kier molecular flexibility index (Phi) is 9.60. The first kappa shape index (κ1) is 25.4. The van der Waals surface area contributed by atoms with E-state index in [-0.39, 0.29) is 41.8 Å². The van der Waals surface area contributed by atoms with Gasteiger partial charge < -0.3 is 19.0 Å². The Balaban J connectivity index is 2.07. The lowest BCUT2D eigenvalue weighted by Gasteiger charge is -2.33. The normalized spacial score (nSPS) is 18.6. The number of ether oxygens (including phenoxy) is 1. The second-order valence-electron chi connectivity index (χ2n) is 10.3. The number of carbonyl (C=O) groups excluding carboxylic acids is 2. The summed E-state index contributed by atoms with van der Waals surface area (Å²) in [4.78, 5) is 30.1. The highest BCUT2D eigenvalue weighted by Crippen LogP contribution is 2.27. The average molecular weight is 435 g/mol. The van der Waals surface area contributed by atoms with Gasteiger partial charge in [-0.1, -0.05) is 34.6 Å². The molecule has 1 aliphatic rings. The lowest BCUT2D eigenvalue weighted by molar-refractivity contribution is -0.144. The van der Waals surface area contributed by atoms with Crippen molar-refractivity contribution in [3.05, 3.63) is 24.2 Å². The summed E-state index contributed by atoms with van der Waals surface area (Å²) >= 11 is 0. The minimum atomic E-state index is -0.0518. The van der Waals surface area contributed by atoms with Crippen molar-refractivity contribution in [3.8, 4) is 0 Å². The van der Waals surface area contributed by atoms with E-state index in [1.807, 2.05) is 19.1 Å². The molecule has 3 atom stereocenters. The fraction of sp³-hybridized carbons (Fsp3) is 0.760. The van der Waals surface area contributed by atoms with E-state index in [0.29, 0.717) is 19.5 Å². The molecular weight excluding hydrogens is 392 g/mol. The van der Waals surface area contributed by atoms with Gasteiger partial charge in [-0.15, -0.1) is 0 Å². The Labute approximate surface area is 188 Å². The van der Waals surface area contributed by atoms with Crippen LogP contribution in [-0.2, 0) is 20.9 Å². The van der Waals surface area contributed by atoms with Gasteiger partial charge in [0.05, 0.1) is 18.9 Å². The third-order valence-electron chi connectivity index (χ3n) is 5.96. The summed E-state index contributed by atoms with van der Waals surface area (Å²) in [6, 6.07) is 3.73. The molecule has 0 radical (unpaired) electrons. The summed E-state index contributed by atoms with van der Waals surface area (Å²) in [7, 11) is 0. The van der Waals surface area contributed by atoms with E-state index in [9.17, 15) is 9.59 Å². The minimum absolute atomic E-state index is 0.0199. The van der Waals surface area contributed by atoms with Crippen LogP contribution in [0.5, 0.6) is 0 Å². The fourth-order valence-electron chi connectivity index (χ4n) is 4.37. The Hall–Kier alpha value is -1.82. The SMILES string of the molecule is CC[C@@H](C)N(CC(=O)N(Cc1ccco1)C[C@@H]1CCCO1)C(=O)C[C@@H](C)CC(C)(C)C. The zero-order valence-corrected chi connectivity index (χ0v) is 20.4. The smallest absolute Gasteiger partial charge is 0.242 e. The van der Waals surface area contributed by atoms with Crippen molar-refractivity contribution in [2.24, 2.45) is 11.3 Å². The molecule has 1 aliphatic heterocycles. The highest BCUT2D eigenvalue weighted by molar-refractivity contribution is 5.85. The molecule has 0 aromatic carbocycles. The molecule has 0 aliphatic carbocycles. The van der Waals surface area contributed by atoms with Gasteiger partial charge in [0.1, 0.15) is 12.3 Å². The quantitative estimate of drug-likeness (QED) is 0.498. The van der Waals surface area contributed by atoms with Gasteiger partial charge in [0.15, 0.2) is 0 Å². The molecule has 0 saturated carbocycles. The van der Waals surface area contributed by atoms with Crippen LogP contribution in [0, 0.1) is 11.3 Å². The summed E-state index contributed by atoms with van der Waals surface area (Å²) in [6.07, 6.45) is 5.92. The summed E-state index contributed by atoms with van der Waals surface area (Å²) in [5.74, 6) is 1.03. The first-order valence-electron chi connectivity index (χ1n) is 11.8. The van der Waals surface area contributed by atoms with Crippen molar-refractivity contribution >= 4 is 11.8 Å². The Morgan fingerprint density at radius 3 is 2.52 bits per heavy atom. The van der Waals surface area contributed by atoms with Crippen molar-refractivity contribution in [1.29, 1.82) is 0 Å². The molecule has 0 N–H and O–H groups in total. The van der Waals surface area contributed by atoms with E-state index in [1.165, 1.54) is 0 Å². The topological polar surface area (TPSA) is 63.0 Å². The third kappa shape index (κ3) is 8.68. The van der Waals surface area contributed by atoms with Crippen molar-refractivity contribution in [2.45, 2.75) is 92.3 Å². The molecule has 0 unspecified atom stereocenters. The molecule has 1 aromatic rings. The van der Waals surface area contributed by atoms with Crippen molar-refractivity contribution in [1.82, 2.24) is 9.80 Å². The maximum Gasteiger partial charge on any atom is 0.242 e. The Morgan fingerprint density at radius 2 is 1.97 bits per heavy atom. The summed E-state index contributed by atoms with van der Waals surface area (Å²) in [6.45, 7) is 14.6. The maximum absolute atomic E-state index is 13.3. The lowest BCUT2D eigenvalue weighted by atomic mass is 9.84. The van der Waals surface area contributed by atoms with Crippen LogP contribution in [0.1, 0.15) is 79.4 Å². The molecule has 1 fully saturated rings. The van der Waals surface area contributed by atoms with Gasteiger partial charge in [0, 0.05) is 25.6 Å². The minimum Gasteiger partial charge on any atom is -0.467 e. The van der Waals surface area contributed by atoms with E-state index in [2.05, 4.69) is 34.6 Å². The van der Waals surface area contributed by atoms with Gasteiger partial charge in [-0.25, -0.2) is 0 Å². The molecule has 2 heterocycles. The Bertz CT molecular complexity index is 674. The molecular formula is C25H42N2O4. The zero-order valence-electron chi connectivity index (χ0n) is 20.4. The van der Waals surface area contributed by atoms with Crippen LogP contribution in [0.2, 0.25) is 0 Å². The van der Waals surface area contributed by atoms with Gasteiger partial charge in [-0.2, -0.15) is 0 Å². The summed E-state index contributed by atoms with van der Waals surface area (Å²) < 4.78 is 11.3. The highest BCUT2D eigenvalue weighted by atomic mass is 16.5. The van der Waals surface area contributed by atoms with E-state index in [0.717, 1.165) is 38.1 Å². The third-order valence-corrected chi connectivity index (χ3v) is 5.96. The highest BCUT2D eigenvalue weighted by Gasteiger charge is 2.29. The van der Waals surface area contributed by atoms with Crippen LogP contribution in [-0.4, -0.2) is 53.5 Å². The Morgan fingerprint density at radius 1 is 1.23 bits per heavy atom. The largest absolute Gasteiger partial charge is 0.467 e. The molecule has 0 bridgehead atoms. The lowest BCUT2D eigenvalue weighted by Crippen LogP contribution is -2.48. The molecule has 176 valence electrons. The molecule has 1 aromatic heterocycles. The predicted octanol–water partition coefficient (Wildman–Crippen LogP) is 4.88. The van der Waals surface area contributed by atoms with Gasteiger partial charge in [-0.3, -0.25) is 9.59 Å². The average Bonchev–Trinajstić information content (AvgIpc) is 3.37. The molecule has 31 heavy (non-hydrogen) atoms. The zero-order chi connectivity index (χ0) is 23.0. The van der Waals surface area contributed by atoms with Gasteiger partial charge in [-0.05, 0) is 56.1 Å². The molecule has 6 heteroatoms. The van der Waals surface area contributed by atoms with Crippen LogP contribution in [0.15, 0.2) is 22.8 Å². The van der Waals surface area contributed by atoms with Gasteiger partial charge in [0.2, 0.25) is 11.8 Å². The van der Waals surface area contributed by atoms with Crippen LogP contribution in [0.3, 0.4) is 0 Å². The van der Waals surface area contributed by atoms with E-state index in [1.54, 1.807) is 16.1 Å². The van der Waals surface area contributed by atoms with E-state index >= 15 is 0 Å². The molecule has 6 nitrogen and oxygen atoms in total. The number of rotatable bonds is 11. The van der Waals surface area contributed by atoms with Crippen LogP contribution in [0.25, 0.3) is 0 Å². The van der Waals surface area contributed by atoms with E-state index < -0.39 is 0 Å². The first-order valence-corrected chi connectivity index (χ1v) is 11.8. The summed E-state index contributed by atoms with van der Waals surface area (Å²) in [5, 5.41) is 0. The number of hydrogen-bond acceptors (Lipinski definition) is 4. The van der Waals surface area contributed by atoms with Gasteiger partial charge >= 0.3 is 0 Å². The van der Waals surface area contributed by atoms with Crippen molar-refractivity contribution in [3.63, 3.8) is 0 Å². The molecule has 1 saturated heterocycles. The van der Waals surface area contributed by atoms with Crippen LogP contribution >= 0.6 is 0 Å². The standard InChI is InChI=1S/C25H42N2O4/c1-7-20(3)27(23(28)14-19(2)15-25(4,5)6)18-24(29)26(16-21-10-8-12-30-21)17-22-11-9-13-31-22/h8,10,12,19-20,22H,7,9,11,13-18H2,1-6H3/t19-,20-,22+/m1/s1. The number of hydrogen-bond donors (Lipinski definition) is 0. The van der Waals surface area contributed by atoms with Crippen molar-refractivity contribution < 1.29 is 18.7 Å². The monoisotopic (exact) mass is 434 g/mol. The second-order valence-corrected chi connectivity index (χ2v) is 10.3. The predicted molar refractivity (Wildman–Crippen MR) is 122 cm³/mol. The number of furan rings is 1. The van der Waals surface area contributed by atoms with Crippen molar-refractivity contribution in [2.75, 3.05) is 19.7 Å². The molecule has 2 amide bonds.